The maximum atomic E-state index is 10.9. The number of hydrogen-bond donors (Lipinski definition) is 1. The van der Waals surface area contributed by atoms with Crippen LogP contribution in [0.2, 0.25) is 0 Å². The maximum absolute atomic E-state index is 10.9. The summed E-state index contributed by atoms with van der Waals surface area (Å²) in [7, 11) is 1.86. The van der Waals surface area contributed by atoms with Crippen LogP contribution in [0.15, 0.2) is 30.9 Å². The highest BCUT2D eigenvalue weighted by Gasteiger charge is 2.07. The summed E-state index contributed by atoms with van der Waals surface area (Å²) in [5.41, 5.74) is 3.28. The van der Waals surface area contributed by atoms with Crippen LogP contribution in [0.4, 0.5) is 0 Å². The topological polar surface area (TPSA) is 63.6 Å². The first-order chi connectivity index (χ1) is 8.28. The van der Waals surface area contributed by atoms with Gasteiger partial charge in [0.25, 0.3) is 0 Å². The van der Waals surface area contributed by atoms with E-state index in [1.54, 1.807) is 23.3 Å². The Morgan fingerprint density at radius 2 is 2.24 bits per heavy atom. The summed E-state index contributed by atoms with van der Waals surface area (Å²) in [5, 5.41) is 4.95. The molecule has 1 N–H and O–H groups in total. The number of pyridine rings is 1. The van der Waals surface area contributed by atoms with Crippen LogP contribution in [0.25, 0.3) is 22.2 Å². The van der Waals surface area contributed by atoms with Crippen molar-refractivity contribution in [3.8, 4) is 11.1 Å². The number of aryl methyl sites for hydroxylation is 1. The molecule has 3 rings (SSSR count). The quantitative estimate of drug-likeness (QED) is 0.677. The number of hydrogen-bond acceptors (Lipinski definition) is 3. The number of fused-ring (bicyclic) bond motifs is 1. The second kappa shape index (κ2) is 3.55. The Morgan fingerprint density at radius 3 is 2.94 bits per heavy atom. The molecule has 0 spiro atoms. The number of aldehydes is 1. The summed E-state index contributed by atoms with van der Waals surface area (Å²) in [4.78, 5) is 18.1. The highest BCUT2D eigenvalue weighted by atomic mass is 16.1. The van der Waals surface area contributed by atoms with Crippen molar-refractivity contribution in [3.05, 3.63) is 36.4 Å². The van der Waals surface area contributed by atoms with E-state index in [0.717, 1.165) is 28.4 Å². The number of carbonyl (C=O) groups is 1. The lowest BCUT2D eigenvalue weighted by Crippen LogP contribution is -1.84. The second-order valence-corrected chi connectivity index (χ2v) is 3.88. The lowest BCUT2D eigenvalue weighted by molar-refractivity contribution is 0.112. The minimum Gasteiger partial charge on any atom is -0.345 e. The zero-order valence-corrected chi connectivity index (χ0v) is 9.21. The molecule has 0 unspecified atom stereocenters. The fraction of sp³-hybridized carbons (Fsp3) is 0.0833. The summed E-state index contributed by atoms with van der Waals surface area (Å²) in [6, 6.07) is 1.94. The van der Waals surface area contributed by atoms with Crippen LogP contribution in [-0.4, -0.2) is 26.0 Å². The standard InChI is InChI=1S/C12H10N4O/c1-16-6-9(5-15-16)8-2-11-10(7-17)4-14-12(11)13-3-8/h2-7H,1H3,(H,13,14). The van der Waals surface area contributed by atoms with Gasteiger partial charge in [0.2, 0.25) is 0 Å². The molecule has 0 aliphatic heterocycles. The molecule has 17 heavy (non-hydrogen) atoms. The number of aromatic nitrogens is 4. The number of nitrogens with one attached hydrogen (secondary N) is 1. The van der Waals surface area contributed by atoms with Crippen LogP contribution < -0.4 is 0 Å². The second-order valence-electron chi connectivity index (χ2n) is 3.88. The number of H-pyrrole nitrogens is 1. The summed E-state index contributed by atoms with van der Waals surface area (Å²) in [6.45, 7) is 0. The molecule has 3 aromatic rings. The van der Waals surface area contributed by atoms with Gasteiger partial charge in [0.05, 0.1) is 6.20 Å². The Hall–Kier alpha value is -2.43. The van der Waals surface area contributed by atoms with Crippen molar-refractivity contribution in [3.63, 3.8) is 0 Å². The number of rotatable bonds is 2. The smallest absolute Gasteiger partial charge is 0.152 e. The van der Waals surface area contributed by atoms with E-state index in [1.807, 2.05) is 19.3 Å². The first kappa shape index (κ1) is 9.77. The number of nitrogens with zero attached hydrogens (tertiary/aromatic N) is 3. The Morgan fingerprint density at radius 1 is 1.35 bits per heavy atom. The molecule has 0 aliphatic carbocycles. The van der Waals surface area contributed by atoms with Crippen molar-refractivity contribution in [2.45, 2.75) is 0 Å². The minimum absolute atomic E-state index is 0.623. The Balaban J connectivity index is 2.21. The molecule has 0 atom stereocenters. The number of carbonyl (C=O) groups excluding carboxylic acids is 1. The fourth-order valence-electron chi connectivity index (χ4n) is 1.85. The predicted octanol–water partition coefficient (Wildman–Crippen LogP) is 1.78. The number of aromatic amines is 1. The third-order valence-electron chi connectivity index (χ3n) is 2.73. The van der Waals surface area contributed by atoms with Crippen molar-refractivity contribution in [1.29, 1.82) is 0 Å². The molecule has 0 fully saturated rings. The van der Waals surface area contributed by atoms with Crippen molar-refractivity contribution in [1.82, 2.24) is 19.7 Å². The molecule has 0 radical (unpaired) electrons. The van der Waals surface area contributed by atoms with Gasteiger partial charge in [-0.15, -0.1) is 0 Å². The molecule has 5 nitrogen and oxygen atoms in total. The third-order valence-corrected chi connectivity index (χ3v) is 2.73. The van der Waals surface area contributed by atoms with Gasteiger partial charge in [0.15, 0.2) is 6.29 Å². The summed E-state index contributed by atoms with van der Waals surface area (Å²) >= 11 is 0. The monoisotopic (exact) mass is 226 g/mol. The molecular weight excluding hydrogens is 216 g/mol. The van der Waals surface area contributed by atoms with E-state index in [9.17, 15) is 4.79 Å². The van der Waals surface area contributed by atoms with Gasteiger partial charge in [-0.3, -0.25) is 9.48 Å². The molecule has 0 amide bonds. The highest BCUT2D eigenvalue weighted by molar-refractivity contribution is 5.97. The van der Waals surface area contributed by atoms with Crippen LogP contribution in [-0.2, 0) is 7.05 Å². The molecule has 0 saturated carbocycles. The molecule has 0 aliphatic rings. The van der Waals surface area contributed by atoms with E-state index in [-0.39, 0.29) is 0 Å². The molecule has 0 bridgehead atoms. The fourth-order valence-corrected chi connectivity index (χ4v) is 1.85. The van der Waals surface area contributed by atoms with Gasteiger partial charge < -0.3 is 4.98 Å². The van der Waals surface area contributed by atoms with Crippen LogP contribution in [0.5, 0.6) is 0 Å². The van der Waals surface area contributed by atoms with Gasteiger partial charge in [0.1, 0.15) is 5.65 Å². The first-order valence-corrected chi connectivity index (χ1v) is 5.19. The van der Waals surface area contributed by atoms with Crippen molar-refractivity contribution in [2.75, 3.05) is 0 Å². The SMILES string of the molecule is Cn1cc(-c2cnc3[nH]cc(C=O)c3c2)cn1. The van der Waals surface area contributed by atoms with Crippen LogP contribution in [0.1, 0.15) is 10.4 Å². The van der Waals surface area contributed by atoms with Gasteiger partial charge in [-0.2, -0.15) is 5.10 Å². The molecule has 3 aromatic heterocycles. The molecular formula is C12H10N4O. The third kappa shape index (κ3) is 1.52. The predicted molar refractivity (Wildman–Crippen MR) is 63.7 cm³/mol. The first-order valence-electron chi connectivity index (χ1n) is 5.19. The Labute approximate surface area is 97.1 Å². The molecule has 3 heterocycles. The average Bonchev–Trinajstić information content (AvgIpc) is 2.94. The van der Waals surface area contributed by atoms with Crippen molar-refractivity contribution in [2.24, 2.45) is 7.05 Å². The van der Waals surface area contributed by atoms with E-state index in [1.165, 1.54) is 0 Å². The maximum Gasteiger partial charge on any atom is 0.152 e. The molecule has 0 aromatic carbocycles. The van der Waals surface area contributed by atoms with Crippen LogP contribution in [0.3, 0.4) is 0 Å². The van der Waals surface area contributed by atoms with Crippen molar-refractivity contribution < 1.29 is 4.79 Å². The minimum atomic E-state index is 0.623. The molecule has 5 heteroatoms. The van der Waals surface area contributed by atoms with Crippen LogP contribution in [0, 0.1) is 0 Å². The Kier molecular flexibility index (Phi) is 2.04. The van der Waals surface area contributed by atoms with Gasteiger partial charge >= 0.3 is 0 Å². The summed E-state index contributed by atoms with van der Waals surface area (Å²) in [5.74, 6) is 0. The van der Waals surface area contributed by atoms with E-state index in [4.69, 9.17) is 0 Å². The largest absolute Gasteiger partial charge is 0.345 e. The lowest BCUT2D eigenvalue weighted by atomic mass is 10.1. The van der Waals surface area contributed by atoms with Gasteiger partial charge in [0, 0.05) is 47.7 Å². The Bertz CT molecular complexity index is 695. The van der Waals surface area contributed by atoms with Crippen molar-refractivity contribution >= 4 is 17.3 Å². The summed E-state index contributed by atoms with van der Waals surface area (Å²) in [6.07, 6.45) is 7.95. The summed E-state index contributed by atoms with van der Waals surface area (Å²) < 4.78 is 1.73. The molecule has 0 saturated heterocycles. The molecule has 84 valence electrons. The van der Waals surface area contributed by atoms with E-state index in [2.05, 4.69) is 15.1 Å². The van der Waals surface area contributed by atoms with Gasteiger partial charge in [-0.25, -0.2) is 4.98 Å². The lowest BCUT2D eigenvalue weighted by Gasteiger charge is -1.97. The average molecular weight is 226 g/mol. The normalized spacial score (nSPS) is 10.9. The zero-order valence-electron chi connectivity index (χ0n) is 9.21. The van der Waals surface area contributed by atoms with E-state index >= 15 is 0 Å². The van der Waals surface area contributed by atoms with E-state index < -0.39 is 0 Å². The zero-order chi connectivity index (χ0) is 11.8. The van der Waals surface area contributed by atoms with E-state index in [0.29, 0.717) is 5.56 Å². The highest BCUT2D eigenvalue weighted by Crippen LogP contribution is 2.23. The van der Waals surface area contributed by atoms with Gasteiger partial charge in [-0.1, -0.05) is 0 Å². The van der Waals surface area contributed by atoms with Crippen LogP contribution >= 0.6 is 0 Å². The van der Waals surface area contributed by atoms with Gasteiger partial charge in [-0.05, 0) is 6.07 Å².